The molecule has 0 amide bonds. The number of benzene rings is 7. The van der Waals surface area contributed by atoms with Gasteiger partial charge in [0.25, 0.3) is 0 Å². The lowest BCUT2D eigenvalue weighted by atomic mass is 9.99. The Hall–Kier alpha value is -6.43. The van der Waals surface area contributed by atoms with Crippen molar-refractivity contribution in [2.24, 2.45) is 0 Å². The summed E-state index contributed by atoms with van der Waals surface area (Å²) in [6.07, 6.45) is 0. The van der Waals surface area contributed by atoms with Gasteiger partial charge in [0.05, 0.1) is 35.9 Å². The van der Waals surface area contributed by atoms with Gasteiger partial charge < -0.3 is 4.57 Å². The Labute approximate surface area is 312 Å². The average molecular weight is 671 g/mol. The smallest absolute Gasteiger partial charge is 0.166 e. The van der Waals surface area contributed by atoms with Crippen LogP contribution in [0.5, 0.6) is 0 Å². The molecule has 7 aromatic carbocycles. The number of para-hydroxylation sites is 2. The second-order valence-electron chi connectivity index (χ2n) is 11.3. The maximum atomic E-state index is 10.3. The minimum atomic E-state index is -0.545. The molecule has 234 valence electrons. The van der Waals surface area contributed by atoms with Crippen LogP contribution in [-0.2, 0) is 0 Å². The lowest BCUT2D eigenvalue weighted by Crippen LogP contribution is -2.04. The molecule has 0 radical (unpaired) electrons. The number of fused-ring (bicyclic) bond motifs is 6. The van der Waals surface area contributed by atoms with Crippen LogP contribution in [0.25, 0.3) is 93.0 Å². The van der Waals surface area contributed by atoms with Gasteiger partial charge in [0.15, 0.2) is 17.5 Å². The van der Waals surface area contributed by atoms with Crippen molar-refractivity contribution in [1.82, 2.24) is 19.5 Å². The maximum Gasteiger partial charge on any atom is 0.166 e. The van der Waals surface area contributed by atoms with Crippen molar-refractivity contribution in [3.05, 3.63) is 170 Å². The van der Waals surface area contributed by atoms with Crippen LogP contribution in [0.15, 0.2) is 170 Å². The minimum absolute atomic E-state index is 0.0339. The van der Waals surface area contributed by atoms with E-state index in [9.17, 15) is 6.85 Å². The maximum absolute atomic E-state index is 10.3. The Kier molecular flexibility index (Phi) is 4.14. The molecule has 5 heteroatoms. The van der Waals surface area contributed by atoms with E-state index in [1.165, 1.54) is 16.7 Å². The van der Waals surface area contributed by atoms with Crippen LogP contribution in [0.1, 0.15) is 19.2 Å². The zero-order chi connectivity index (χ0) is 45.2. The number of nitrogens with zero attached hydrogens (tertiary/aromatic N) is 4. The largest absolute Gasteiger partial charge is 0.308 e. The molecule has 0 aliphatic carbocycles. The summed E-state index contributed by atoms with van der Waals surface area (Å²) >= 11 is 0.986. The van der Waals surface area contributed by atoms with Gasteiger partial charge in [0, 0.05) is 47.6 Å². The molecule has 0 atom stereocenters. The van der Waals surface area contributed by atoms with Crippen molar-refractivity contribution < 1.29 is 19.2 Å². The van der Waals surface area contributed by atoms with E-state index in [1.54, 1.807) is 48.5 Å². The SMILES string of the molecule is [2H]c1cc([2H])c2sc3c(-c4c([2H])c([2H])c(-c5nc(-c6ccccc6)nc(-c6ccccc6)n5)c(-n5c6c([2H])cc([2H])c([2H])c6c6c([2H])c([2H])cc([2H])c65)c4[2H])cc([2H])c([2H])c3c2c1[2H]. The summed E-state index contributed by atoms with van der Waals surface area (Å²) in [5, 5.41) is -0.0782. The molecule has 0 spiro atoms. The van der Waals surface area contributed by atoms with Gasteiger partial charge in [-0.05, 0) is 41.3 Å². The molecule has 0 bridgehead atoms. The average Bonchev–Trinajstić information content (AvgIpc) is 3.87. The lowest BCUT2D eigenvalue weighted by molar-refractivity contribution is 1.06. The monoisotopic (exact) mass is 670 g/mol. The van der Waals surface area contributed by atoms with Gasteiger partial charge in [-0.3, -0.25) is 0 Å². The second kappa shape index (κ2) is 11.6. The molecule has 10 rings (SSSR count). The number of hydrogen-bond acceptors (Lipinski definition) is 4. The molecule has 0 N–H and O–H groups in total. The van der Waals surface area contributed by atoms with E-state index in [2.05, 4.69) is 0 Å². The molecule has 4 nitrogen and oxygen atoms in total. The van der Waals surface area contributed by atoms with Crippen LogP contribution in [0.2, 0.25) is 0 Å². The van der Waals surface area contributed by atoms with Gasteiger partial charge in [-0.15, -0.1) is 11.3 Å². The first kappa shape index (κ1) is 17.8. The third-order valence-electron chi connectivity index (χ3n) is 8.38. The summed E-state index contributed by atoms with van der Waals surface area (Å²) in [5.74, 6) is 0.157. The van der Waals surface area contributed by atoms with Gasteiger partial charge >= 0.3 is 0 Å². The molecule has 0 saturated heterocycles. The summed E-state index contributed by atoms with van der Waals surface area (Å²) in [6.45, 7) is 0. The minimum Gasteiger partial charge on any atom is -0.308 e. The van der Waals surface area contributed by atoms with Gasteiger partial charge in [-0.1, -0.05) is 139 Å². The van der Waals surface area contributed by atoms with Crippen LogP contribution in [0.4, 0.5) is 0 Å². The van der Waals surface area contributed by atoms with Crippen LogP contribution in [-0.4, -0.2) is 19.5 Å². The molecule has 0 saturated carbocycles. The van der Waals surface area contributed by atoms with Crippen molar-refractivity contribution in [2.75, 3.05) is 0 Å². The topological polar surface area (TPSA) is 43.6 Å². The van der Waals surface area contributed by atoms with E-state index >= 15 is 0 Å². The molecule has 3 aromatic heterocycles. The Morgan fingerprint density at radius 1 is 0.460 bits per heavy atom. The number of aromatic nitrogens is 4. The Bertz CT molecular complexity index is 3540. The Morgan fingerprint density at radius 2 is 1.04 bits per heavy atom. The predicted molar refractivity (Wildman–Crippen MR) is 209 cm³/mol. The van der Waals surface area contributed by atoms with Gasteiger partial charge in [-0.25, -0.2) is 15.0 Å². The third-order valence-corrected chi connectivity index (χ3v) is 9.53. The first-order valence-electron chi connectivity index (χ1n) is 22.6. The summed E-state index contributed by atoms with van der Waals surface area (Å²) in [4.78, 5) is 14.5. The van der Waals surface area contributed by atoms with Crippen LogP contribution >= 0.6 is 11.3 Å². The van der Waals surface area contributed by atoms with E-state index in [0.717, 1.165) is 23.5 Å². The van der Waals surface area contributed by atoms with E-state index in [0.29, 0.717) is 11.1 Å². The normalized spacial score (nSPS) is 15.5. The fourth-order valence-electron chi connectivity index (χ4n) is 6.12. The van der Waals surface area contributed by atoms with Crippen molar-refractivity contribution in [2.45, 2.75) is 0 Å². The standard InChI is InChI=1S/C45H28N4S/c1-3-14-29(15-4-1)43-46-44(30-16-5-2-6-17-30)48-45(47-43)37-27-26-31(32-21-13-22-36-35-20-9-12-25-41(35)50-42(32)36)28-40(37)49-38-23-10-7-18-33(38)34-19-8-11-24-39(34)49/h1-28H/i7D,8D,9D,13D,18D,19D,20D,22D,23D,24D,25D,26D,27D,28D. The Balaban J connectivity index is 1.45. The van der Waals surface area contributed by atoms with Crippen LogP contribution in [0, 0.1) is 0 Å². The Morgan fingerprint density at radius 3 is 1.70 bits per heavy atom. The van der Waals surface area contributed by atoms with E-state index < -0.39 is 30.2 Å². The molecule has 0 unspecified atom stereocenters. The van der Waals surface area contributed by atoms with Gasteiger partial charge in [0.2, 0.25) is 0 Å². The number of thiophene rings is 1. The van der Waals surface area contributed by atoms with Gasteiger partial charge in [-0.2, -0.15) is 0 Å². The fraction of sp³-hybridized carbons (Fsp3) is 0. The quantitative estimate of drug-likeness (QED) is 0.183. The van der Waals surface area contributed by atoms with E-state index in [1.807, 2.05) is 12.1 Å². The molecular weight excluding hydrogens is 629 g/mol. The van der Waals surface area contributed by atoms with Crippen molar-refractivity contribution in [1.29, 1.82) is 0 Å². The van der Waals surface area contributed by atoms with Crippen LogP contribution in [0.3, 0.4) is 0 Å². The molecular formula is C45H28N4S. The lowest BCUT2D eigenvalue weighted by Gasteiger charge is -2.16. The first-order valence-corrected chi connectivity index (χ1v) is 16.4. The highest BCUT2D eigenvalue weighted by atomic mass is 32.1. The van der Waals surface area contributed by atoms with Crippen molar-refractivity contribution in [3.8, 4) is 51.0 Å². The van der Waals surface area contributed by atoms with E-state index in [-0.39, 0.29) is 136 Å². The first-order chi connectivity index (χ1) is 30.6. The van der Waals surface area contributed by atoms with Gasteiger partial charge in [0.1, 0.15) is 0 Å². The summed E-state index contributed by atoms with van der Waals surface area (Å²) in [7, 11) is 0. The molecule has 0 fully saturated rings. The van der Waals surface area contributed by atoms with Crippen molar-refractivity contribution in [3.63, 3.8) is 0 Å². The fourth-order valence-corrected chi connectivity index (χ4v) is 7.22. The van der Waals surface area contributed by atoms with E-state index in [4.69, 9.17) is 27.3 Å². The van der Waals surface area contributed by atoms with Crippen molar-refractivity contribution >= 4 is 53.3 Å². The molecule has 0 aliphatic rings. The third kappa shape index (κ3) is 4.63. The number of hydrogen-bond donors (Lipinski definition) is 0. The molecule has 0 aliphatic heterocycles. The highest BCUT2D eigenvalue weighted by Crippen LogP contribution is 2.42. The van der Waals surface area contributed by atoms with Crippen LogP contribution < -0.4 is 0 Å². The molecule has 50 heavy (non-hydrogen) atoms. The highest BCUT2D eigenvalue weighted by Gasteiger charge is 2.21. The second-order valence-corrected chi connectivity index (χ2v) is 12.3. The number of rotatable bonds is 5. The summed E-state index contributed by atoms with van der Waals surface area (Å²) < 4.78 is 129. The zero-order valence-electron chi connectivity index (χ0n) is 39.8. The predicted octanol–water partition coefficient (Wildman–Crippen LogP) is 12.0. The highest BCUT2D eigenvalue weighted by molar-refractivity contribution is 7.26. The summed E-state index contributed by atoms with van der Waals surface area (Å²) in [6, 6.07) is 17.5. The summed E-state index contributed by atoms with van der Waals surface area (Å²) in [5.41, 5.74) is 0.184. The molecule has 3 heterocycles. The zero-order valence-corrected chi connectivity index (χ0v) is 26.6. The molecule has 10 aromatic rings.